The van der Waals surface area contributed by atoms with Crippen LogP contribution in [0.1, 0.15) is 31.2 Å². The van der Waals surface area contributed by atoms with Crippen LogP contribution in [0.4, 0.5) is 0 Å². The highest BCUT2D eigenvalue weighted by atomic mass is 127. The monoisotopic (exact) mass is 448 g/mol. The van der Waals surface area contributed by atoms with Gasteiger partial charge < -0.3 is 16.0 Å². The Morgan fingerprint density at radius 1 is 1.54 bits per heavy atom. The molecule has 2 rings (SSSR count). The van der Waals surface area contributed by atoms with Gasteiger partial charge >= 0.3 is 0 Å². The first-order valence-corrected chi connectivity index (χ1v) is 8.30. The Bertz CT molecular complexity index is 544. The van der Waals surface area contributed by atoms with Crippen LogP contribution in [-0.2, 0) is 18.3 Å². The maximum absolute atomic E-state index is 11.1. The summed E-state index contributed by atoms with van der Waals surface area (Å²) in [5.74, 6) is 1.05. The Morgan fingerprint density at radius 2 is 2.33 bits per heavy atom. The van der Waals surface area contributed by atoms with Crippen LogP contribution in [-0.4, -0.2) is 53.2 Å². The van der Waals surface area contributed by atoms with Gasteiger partial charge in [-0.3, -0.25) is 14.5 Å². The topological polar surface area (TPSA) is 88.5 Å². The molecule has 0 radical (unpaired) electrons. The summed E-state index contributed by atoms with van der Waals surface area (Å²) in [5, 5.41) is 7.60. The number of aryl methyl sites for hydroxylation is 2. The smallest absolute Gasteiger partial charge is 0.217 e. The second-order valence-corrected chi connectivity index (χ2v) is 6.22. The van der Waals surface area contributed by atoms with Crippen LogP contribution >= 0.6 is 24.0 Å². The summed E-state index contributed by atoms with van der Waals surface area (Å²) in [7, 11) is 3.74. The van der Waals surface area contributed by atoms with Gasteiger partial charge in [-0.25, -0.2) is 0 Å². The van der Waals surface area contributed by atoms with Gasteiger partial charge in [0.05, 0.1) is 6.20 Å². The molecule has 1 aromatic rings. The van der Waals surface area contributed by atoms with Crippen molar-refractivity contribution < 1.29 is 4.79 Å². The molecule has 136 valence electrons. The largest absolute Gasteiger partial charge is 0.370 e. The van der Waals surface area contributed by atoms with E-state index in [0.29, 0.717) is 12.3 Å². The Balaban J connectivity index is 0.00000288. The molecule has 2 heterocycles. The van der Waals surface area contributed by atoms with Crippen molar-refractivity contribution >= 4 is 35.8 Å². The van der Waals surface area contributed by atoms with E-state index in [9.17, 15) is 4.79 Å². The van der Waals surface area contributed by atoms with Gasteiger partial charge in [0, 0.05) is 46.3 Å². The van der Waals surface area contributed by atoms with Gasteiger partial charge in [0.25, 0.3) is 0 Å². The number of hydrogen-bond acceptors (Lipinski definition) is 3. The number of aromatic nitrogens is 2. The average molecular weight is 448 g/mol. The van der Waals surface area contributed by atoms with E-state index in [-0.39, 0.29) is 29.9 Å². The summed E-state index contributed by atoms with van der Waals surface area (Å²) in [6, 6.07) is 0. The molecule has 1 aliphatic heterocycles. The maximum atomic E-state index is 11.1. The number of likely N-dealkylation sites (tertiary alicyclic amines) is 1. The molecule has 1 aromatic heterocycles. The summed E-state index contributed by atoms with van der Waals surface area (Å²) < 4.78 is 1.83. The number of carbonyl (C=O) groups is 1. The fraction of sp³-hybridized carbons (Fsp3) is 0.688. The summed E-state index contributed by atoms with van der Waals surface area (Å²) in [6.07, 6.45) is 8.60. The lowest BCUT2D eigenvalue weighted by molar-refractivity contribution is -0.119. The van der Waals surface area contributed by atoms with Gasteiger partial charge in [0.15, 0.2) is 5.96 Å². The van der Waals surface area contributed by atoms with E-state index in [1.54, 1.807) is 7.05 Å². The third kappa shape index (κ3) is 6.66. The van der Waals surface area contributed by atoms with Crippen molar-refractivity contribution in [2.45, 2.75) is 32.1 Å². The highest BCUT2D eigenvalue weighted by Gasteiger charge is 2.23. The van der Waals surface area contributed by atoms with Crippen molar-refractivity contribution in [2.75, 3.05) is 26.7 Å². The lowest BCUT2D eigenvalue weighted by Crippen LogP contribution is -2.47. The Kier molecular flexibility index (Phi) is 9.09. The molecule has 0 saturated carbocycles. The molecular formula is C16H29IN6O. The summed E-state index contributed by atoms with van der Waals surface area (Å²) >= 11 is 0. The minimum absolute atomic E-state index is 0. The summed E-state index contributed by atoms with van der Waals surface area (Å²) in [6.45, 7) is 2.71. The highest BCUT2D eigenvalue weighted by Crippen LogP contribution is 2.19. The van der Waals surface area contributed by atoms with Gasteiger partial charge in [-0.2, -0.15) is 5.10 Å². The van der Waals surface area contributed by atoms with E-state index < -0.39 is 0 Å². The molecule has 8 heteroatoms. The zero-order valence-electron chi connectivity index (χ0n) is 14.6. The van der Waals surface area contributed by atoms with Crippen LogP contribution in [0, 0.1) is 5.92 Å². The van der Waals surface area contributed by atoms with Crippen LogP contribution in [0.3, 0.4) is 0 Å². The molecular weight excluding hydrogens is 419 g/mol. The minimum atomic E-state index is -0.212. The van der Waals surface area contributed by atoms with Crippen molar-refractivity contribution in [3.8, 4) is 0 Å². The first-order valence-electron chi connectivity index (χ1n) is 8.30. The number of amides is 1. The molecule has 1 atom stereocenters. The molecule has 0 bridgehead atoms. The maximum Gasteiger partial charge on any atom is 0.217 e. The molecule has 1 unspecified atom stereocenters. The molecule has 1 saturated heterocycles. The van der Waals surface area contributed by atoms with E-state index in [0.717, 1.165) is 51.3 Å². The molecule has 0 spiro atoms. The first kappa shape index (κ1) is 20.7. The van der Waals surface area contributed by atoms with E-state index in [2.05, 4.69) is 20.3 Å². The van der Waals surface area contributed by atoms with Crippen LogP contribution in [0.2, 0.25) is 0 Å². The second-order valence-electron chi connectivity index (χ2n) is 6.22. The van der Waals surface area contributed by atoms with Crippen LogP contribution in [0.25, 0.3) is 0 Å². The summed E-state index contributed by atoms with van der Waals surface area (Å²) in [5.41, 5.74) is 6.58. The number of aliphatic imine (C=N–C) groups is 1. The van der Waals surface area contributed by atoms with Crippen molar-refractivity contribution in [1.82, 2.24) is 20.0 Å². The number of nitrogens with one attached hydrogen (secondary N) is 1. The summed E-state index contributed by atoms with van der Waals surface area (Å²) in [4.78, 5) is 17.7. The Labute approximate surface area is 161 Å². The third-order valence-electron chi connectivity index (χ3n) is 4.20. The zero-order chi connectivity index (χ0) is 16.7. The minimum Gasteiger partial charge on any atom is -0.370 e. The van der Waals surface area contributed by atoms with Crippen molar-refractivity contribution in [3.63, 3.8) is 0 Å². The van der Waals surface area contributed by atoms with E-state index in [1.807, 2.05) is 24.1 Å². The number of nitrogens with zero attached hydrogens (tertiary/aromatic N) is 4. The van der Waals surface area contributed by atoms with Crippen molar-refractivity contribution in [2.24, 2.45) is 23.7 Å². The van der Waals surface area contributed by atoms with E-state index >= 15 is 0 Å². The SMILES string of the molecule is CN=C(NCCCc1cnn(C)c1)N1CCCC(CC(N)=O)C1.I. The van der Waals surface area contributed by atoms with Gasteiger partial charge in [0.2, 0.25) is 5.91 Å². The molecule has 0 aliphatic carbocycles. The predicted octanol–water partition coefficient (Wildman–Crippen LogP) is 1.13. The molecule has 0 aromatic carbocycles. The zero-order valence-corrected chi connectivity index (χ0v) is 16.9. The number of rotatable bonds is 6. The van der Waals surface area contributed by atoms with Gasteiger partial charge in [-0.15, -0.1) is 24.0 Å². The molecule has 3 N–H and O–H groups in total. The lowest BCUT2D eigenvalue weighted by atomic mass is 9.95. The van der Waals surface area contributed by atoms with E-state index in [1.165, 1.54) is 5.56 Å². The molecule has 1 amide bonds. The number of halogens is 1. The lowest BCUT2D eigenvalue weighted by Gasteiger charge is -2.34. The number of primary amides is 1. The van der Waals surface area contributed by atoms with Gasteiger partial charge in [0.1, 0.15) is 0 Å². The number of carbonyl (C=O) groups excluding carboxylic acids is 1. The molecule has 7 nitrogen and oxygen atoms in total. The van der Waals surface area contributed by atoms with Crippen LogP contribution in [0.15, 0.2) is 17.4 Å². The fourth-order valence-electron chi connectivity index (χ4n) is 3.13. The highest BCUT2D eigenvalue weighted by molar-refractivity contribution is 14.0. The molecule has 1 fully saturated rings. The van der Waals surface area contributed by atoms with Crippen LogP contribution in [0.5, 0.6) is 0 Å². The Morgan fingerprint density at radius 3 is 2.96 bits per heavy atom. The van der Waals surface area contributed by atoms with Crippen molar-refractivity contribution in [1.29, 1.82) is 0 Å². The number of piperidine rings is 1. The Hall–Kier alpha value is -1.32. The number of nitrogens with two attached hydrogens (primary N) is 1. The van der Waals surface area contributed by atoms with Crippen molar-refractivity contribution in [3.05, 3.63) is 18.0 Å². The normalized spacial score (nSPS) is 18.2. The predicted molar refractivity (Wildman–Crippen MR) is 106 cm³/mol. The third-order valence-corrected chi connectivity index (χ3v) is 4.20. The number of hydrogen-bond donors (Lipinski definition) is 2. The molecule has 1 aliphatic rings. The number of guanidine groups is 1. The second kappa shape index (κ2) is 10.5. The van der Waals surface area contributed by atoms with E-state index in [4.69, 9.17) is 5.73 Å². The first-order chi connectivity index (χ1) is 11.1. The van der Waals surface area contributed by atoms with Crippen LogP contribution < -0.4 is 11.1 Å². The fourth-order valence-corrected chi connectivity index (χ4v) is 3.13. The van der Waals surface area contributed by atoms with Gasteiger partial charge in [-0.05, 0) is 37.2 Å². The quantitative estimate of drug-likeness (QED) is 0.296. The van der Waals surface area contributed by atoms with Gasteiger partial charge in [-0.1, -0.05) is 0 Å². The standard InChI is InChI=1S/C16H28N6O.HI/c1-18-16(19-7-3-5-14-10-20-21(2)11-14)22-8-4-6-13(12-22)9-15(17)23;/h10-11,13H,3-9,12H2,1-2H3,(H2,17,23)(H,18,19);1H. The average Bonchev–Trinajstić information content (AvgIpc) is 2.92. The molecule has 24 heavy (non-hydrogen) atoms.